The van der Waals surface area contributed by atoms with Crippen LogP contribution in [0.5, 0.6) is 5.75 Å². The number of halogens is 5. The van der Waals surface area contributed by atoms with Crippen molar-refractivity contribution < 1.29 is 9.13 Å². The van der Waals surface area contributed by atoms with Crippen LogP contribution in [0.25, 0.3) is 11.6 Å². The highest BCUT2D eigenvalue weighted by Gasteiger charge is 2.12. The van der Waals surface area contributed by atoms with Crippen LogP contribution in [0.15, 0.2) is 54.6 Å². The van der Waals surface area contributed by atoms with Crippen LogP contribution in [0.3, 0.4) is 0 Å². The van der Waals surface area contributed by atoms with Crippen LogP contribution in [-0.4, -0.2) is 0 Å². The normalized spacial score (nSPS) is 11.2. The van der Waals surface area contributed by atoms with Crippen LogP contribution in [0, 0.1) is 17.1 Å². The van der Waals surface area contributed by atoms with Crippen molar-refractivity contribution >= 4 is 58.1 Å². The highest BCUT2D eigenvalue weighted by molar-refractivity contribution is 6.37. The van der Waals surface area contributed by atoms with Gasteiger partial charge in [0.15, 0.2) is 5.75 Å². The molecule has 0 radical (unpaired) electrons. The van der Waals surface area contributed by atoms with Crippen molar-refractivity contribution in [1.82, 2.24) is 0 Å². The van der Waals surface area contributed by atoms with Crippen molar-refractivity contribution in [3.8, 4) is 11.8 Å². The fourth-order valence-electron chi connectivity index (χ4n) is 2.63. The SMILES string of the molecule is N#C/C(=C\c1cc(Cl)c(OCc2cccc(F)c2)c(Cl)c1)c1ccc(Cl)cc1Cl. The van der Waals surface area contributed by atoms with Crippen molar-refractivity contribution in [3.63, 3.8) is 0 Å². The van der Waals surface area contributed by atoms with E-state index in [-0.39, 0.29) is 28.2 Å². The average molecular weight is 467 g/mol. The maximum atomic E-state index is 13.3. The molecule has 29 heavy (non-hydrogen) atoms. The quantitative estimate of drug-likeness (QED) is 0.281. The molecule has 2 nitrogen and oxygen atoms in total. The molecule has 146 valence electrons. The summed E-state index contributed by atoms with van der Waals surface area (Å²) in [7, 11) is 0. The Morgan fingerprint density at radius 2 is 1.69 bits per heavy atom. The van der Waals surface area contributed by atoms with Crippen LogP contribution < -0.4 is 4.74 Å². The largest absolute Gasteiger partial charge is 0.486 e. The van der Waals surface area contributed by atoms with Gasteiger partial charge in [-0.3, -0.25) is 0 Å². The predicted octanol–water partition coefficient (Wildman–Crippen LogP) is 8.08. The van der Waals surface area contributed by atoms with Crippen molar-refractivity contribution in [2.75, 3.05) is 0 Å². The van der Waals surface area contributed by atoms with Gasteiger partial charge < -0.3 is 4.74 Å². The molecular weight excluding hydrogens is 455 g/mol. The second kappa shape index (κ2) is 9.52. The van der Waals surface area contributed by atoms with E-state index in [4.69, 9.17) is 51.1 Å². The molecule has 3 aromatic carbocycles. The monoisotopic (exact) mass is 465 g/mol. The summed E-state index contributed by atoms with van der Waals surface area (Å²) in [6, 6.07) is 16.3. The maximum absolute atomic E-state index is 13.3. The molecule has 0 heterocycles. The first-order valence-corrected chi connectivity index (χ1v) is 9.82. The topological polar surface area (TPSA) is 33.0 Å². The maximum Gasteiger partial charge on any atom is 0.157 e. The lowest BCUT2D eigenvalue weighted by molar-refractivity contribution is 0.306. The van der Waals surface area contributed by atoms with E-state index in [2.05, 4.69) is 6.07 Å². The third-order valence-corrected chi connectivity index (χ3v) is 5.05. The highest BCUT2D eigenvalue weighted by atomic mass is 35.5. The Balaban J connectivity index is 1.88. The summed E-state index contributed by atoms with van der Waals surface area (Å²) in [5.41, 5.74) is 2.11. The molecule has 0 unspecified atom stereocenters. The van der Waals surface area contributed by atoms with Gasteiger partial charge in [-0.1, -0.05) is 64.6 Å². The molecule has 0 fully saturated rings. The van der Waals surface area contributed by atoms with Gasteiger partial charge in [0, 0.05) is 10.6 Å². The molecule has 0 saturated heterocycles. The van der Waals surface area contributed by atoms with Crippen molar-refractivity contribution in [1.29, 1.82) is 5.26 Å². The van der Waals surface area contributed by atoms with Gasteiger partial charge in [0.05, 0.1) is 26.7 Å². The average Bonchev–Trinajstić information content (AvgIpc) is 2.66. The van der Waals surface area contributed by atoms with Crippen LogP contribution in [0.1, 0.15) is 16.7 Å². The minimum absolute atomic E-state index is 0.107. The molecule has 0 amide bonds. The van der Waals surface area contributed by atoms with Gasteiger partial charge in [0.1, 0.15) is 12.4 Å². The van der Waals surface area contributed by atoms with Crippen LogP contribution in [0.2, 0.25) is 20.1 Å². The minimum atomic E-state index is -0.353. The molecule has 0 spiro atoms. The molecule has 3 aromatic rings. The van der Waals surface area contributed by atoms with E-state index in [9.17, 15) is 9.65 Å². The Morgan fingerprint density at radius 3 is 2.31 bits per heavy atom. The lowest BCUT2D eigenvalue weighted by Crippen LogP contribution is -1.97. The number of hydrogen-bond acceptors (Lipinski definition) is 2. The van der Waals surface area contributed by atoms with E-state index in [1.807, 2.05) is 0 Å². The predicted molar refractivity (Wildman–Crippen MR) is 117 cm³/mol. The van der Waals surface area contributed by atoms with Crippen molar-refractivity contribution in [3.05, 3.63) is 97.2 Å². The number of nitrogens with zero attached hydrogens (tertiary/aromatic N) is 1. The van der Waals surface area contributed by atoms with E-state index in [0.717, 1.165) is 0 Å². The Morgan fingerprint density at radius 1 is 0.966 bits per heavy atom. The van der Waals surface area contributed by atoms with Crippen LogP contribution in [-0.2, 0) is 6.61 Å². The molecular formula is C22H12Cl4FNO. The number of benzene rings is 3. The fraction of sp³-hybridized carbons (Fsp3) is 0.0455. The molecule has 0 aliphatic rings. The lowest BCUT2D eigenvalue weighted by atomic mass is 10.0. The molecule has 0 N–H and O–H groups in total. The summed E-state index contributed by atoms with van der Waals surface area (Å²) in [5, 5.41) is 10.9. The molecule has 7 heteroatoms. The van der Waals surface area contributed by atoms with E-state index in [0.29, 0.717) is 32.3 Å². The molecule has 0 aromatic heterocycles. The third-order valence-electron chi connectivity index (χ3n) is 3.95. The van der Waals surface area contributed by atoms with Crippen molar-refractivity contribution in [2.24, 2.45) is 0 Å². The summed E-state index contributed by atoms with van der Waals surface area (Å²) in [6.45, 7) is 0.107. The van der Waals surface area contributed by atoms with Gasteiger partial charge in [-0.05, 0) is 53.6 Å². The third kappa shape index (κ3) is 5.44. The molecule has 0 atom stereocenters. The van der Waals surface area contributed by atoms with E-state index >= 15 is 0 Å². The van der Waals surface area contributed by atoms with Gasteiger partial charge in [0.25, 0.3) is 0 Å². The van der Waals surface area contributed by atoms with Crippen LogP contribution in [0.4, 0.5) is 4.39 Å². The molecule has 0 bridgehead atoms. The van der Waals surface area contributed by atoms with E-state index < -0.39 is 0 Å². The van der Waals surface area contributed by atoms with Gasteiger partial charge >= 0.3 is 0 Å². The molecule has 0 aliphatic heterocycles. The Labute approximate surface area is 187 Å². The highest BCUT2D eigenvalue weighted by Crippen LogP contribution is 2.36. The van der Waals surface area contributed by atoms with Crippen molar-refractivity contribution in [2.45, 2.75) is 6.61 Å². The lowest BCUT2D eigenvalue weighted by Gasteiger charge is -2.11. The standard InChI is InChI=1S/C22H12Cl4FNO/c23-16-4-5-18(19(24)10-16)15(11-28)6-14-8-20(25)22(21(26)9-14)29-12-13-2-1-3-17(27)7-13/h1-10H,12H2/b15-6+. The van der Waals surface area contributed by atoms with E-state index in [1.54, 1.807) is 48.5 Å². The zero-order valence-electron chi connectivity index (χ0n) is 14.7. The Kier molecular flexibility index (Phi) is 7.05. The molecule has 0 aliphatic carbocycles. The zero-order valence-corrected chi connectivity index (χ0v) is 17.7. The fourth-order valence-corrected chi connectivity index (χ4v) is 3.75. The minimum Gasteiger partial charge on any atom is -0.486 e. The van der Waals surface area contributed by atoms with Crippen LogP contribution >= 0.6 is 46.4 Å². The molecule has 3 rings (SSSR count). The second-order valence-electron chi connectivity index (χ2n) is 6.03. The summed E-state index contributed by atoms with van der Waals surface area (Å²) < 4.78 is 19.0. The summed E-state index contributed by atoms with van der Waals surface area (Å²) in [5.74, 6) is -0.0774. The zero-order chi connectivity index (χ0) is 21.0. The summed E-state index contributed by atoms with van der Waals surface area (Å²) in [6.07, 6.45) is 1.61. The van der Waals surface area contributed by atoms with Gasteiger partial charge in [-0.2, -0.15) is 5.26 Å². The number of ether oxygens (including phenoxy) is 1. The summed E-state index contributed by atoms with van der Waals surface area (Å²) in [4.78, 5) is 0. The summed E-state index contributed by atoms with van der Waals surface area (Å²) >= 11 is 24.7. The first kappa shape index (κ1) is 21.5. The smallest absolute Gasteiger partial charge is 0.157 e. The Hall–Kier alpha value is -2.22. The van der Waals surface area contributed by atoms with E-state index in [1.165, 1.54) is 12.1 Å². The Bertz CT molecular complexity index is 1110. The second-order valence-corrected chi connectivity index (χ2v) is 7.68. The van der Waals surface area contributed by atoms with Gasteiger partial charge in [-0.25, -0.2) is 4.39 Å². The number of rotatable bonds is 5. The first-order valence-electron chi connectivity index (χ1n) is 8.31. The van der Waals surface area contributed by atoms with Gasteiger partial charge in [-0.15, -0.1) is 0 Å². The molecule has 0 saturated carbocycles. The number of nitriles is 1. The number of allylic oxidation sites excluding steroid dienone is 1. The van der Waals surface area contributed by atoms with Gasteiger partial charge in [0.2, 0.25) is 0 Å². The first-order chi connectivity index (χ1) is 13.9. The number of hydrogen-bond donors (Lipinski definition) is 0.